The van der Waals surface area contributed by atoms with Crippen LogP contribution in [-0.2, 0) is 17.8 Å². The van der Waals surface area contributed by atoms with E-state index in [4.69, 9.17) is 9.47 Å². The van der Waals surface area contributed by atoms with Gasteiger partial charge in [0.05, 0.1) is 14.2 Å². The van der Waals surface area contributed by atoms with E-state index in [9.17, 15) is 4.79 Å². The largest absolute Gasteiger partial charge is 0.493 e. The number of nitrogens with one attached hydrogen (secondary N) is 2. The monoisotopic (exact) mass is 426 g/mol. The number of nitrogens with zero attached hydrogens (tertiary/aromatic N) is 2. The Kier molecular flexibility index (Phi) is 9.68. The van der Waals surface area contributed by atoms with Crippen LogP contribution in [0.3, 0.4) is 0 Å². The van der Waals surface area contributed by atoms with Gasteiger partial charge in [0.1, 0.15) is 0 Å². The van der Waals surface area contributed by atoms with Crippen molar-refractivity contribution in [2.45, 2.75) is 32.7 Å². The maximum Gasteiger partial charge on any atom is 0.224 e. The molecule has 0 bridgehead atoms. The molecule has 1 amide bonds. The molecule has 0 saturated heterocycles. The van der Waals surface area contributed by atoms with Crippen molar-refractivity contribution in [1.29, 1.82) is 0 Å². The molecule has 0 aromatic heterocycles. The quantitative estimate of drug-likeness (QED) is 0.448. The van der Waals surface area contributed by atoms with E-state index in [1.54, 1.807) is 21.3 Å². The molecule has 0 fully saturated rings. The van der Waals surface area contributed by atoms with E-state index in [-0.39, 0.29) is 5.91 Å². The summed E-state index contributed by atoms with van der Waals surface area (Å²) in [7, 11) is 7.06. The van der Waals surface area contributed by atoms with Crippen molar-refractivity contribution in [3.63, 3.8) is 0 Å². The number of rotatable bonds is 10. The number of carbonyl (C=O) groups excluding carboxylic acids is 1. The Morgan fingerprint density at radius 1 is 1.06 bits per heavy atom. The Morgan fingerprint density at radius 3 is 2.52 bits per heavy atom. The lowest BCUT2D eigenvalue weighted by Crippen LogP contribution is -2.39. The molecule has 2 aromatic carbocycles. The zero-order chi connectivity index (χ0) is 22.6. The molecule has 31 heavy (non-hydrogen) atoms. The summed E-state index contributed by atoms with van der Waals surface area (Å²) in [6.07, 6.45) is 2.20. The van der Waals surface area contributed by atoms with Crippen LogP contribution >= 0.6 is 0 Å². The number of likely N-dealkylation sites (N-methyl/N-ethyl adjacent to an activating group) is 1. The van der Waals surface area contributed by atoms with Crippen LogP contribution in [0.25, 0.3) is 0 Å². The highest BCUT2D eigenvalue weighted by molar-refractivity contribution is 5.90. The summed E-state index contributed by atoms with van der Waals surface area (Å²) >= 11 is 0. The van der Waals surface area contributed by atoms with E-state index in [1.165, 1.54) is 0 Å². The van der Waals surface area contributed by atoms with Gasteiger partial charge in [-0.3, -0.25) is 9.79 Å². The molecule has 2 rings (SSSR count). The van der Waals surface area contributed by atoms with Crippen molar-refractivity contribution in [2.24, 2.45) is 4.99 Å². The summed E-state index contributed by atoms with van der Waals surface area (Å²) in [5.74, 6) is 2.31. The average molecular weight is 427 g/mol. The highest BCUT2D eigenvalue weighted by Crippen LogP contribution is 2.27. The number of carbonyl (C=O) groups is 1. The molecular formula is C24H34N4O3. The predicted molar refractivity (Wildman–Crippen MR) is 126 cm³/mol. The molecule has 0 heterocycles. The second-order valence-electron chi connectivity index (χ2n) is 7.26. The normalized spacial score (nSPS) is 11.1. The number of anilines is 1. The van der Waals surface area contributed by atoms with Crippen LogP contribution in [0, 0.1) is 0 Å². The number of benzene rings is 2. The molecule has 0 unspecified atom stereocenters. The fraction of sp³-hybridized carbons (Fsp3) is 0.417. The zero-order valence-electron chi connectivity index (χ0n) is 19.2. The van der Waals surface area contributed by atoms with Crippen LogP contribution in [0.15, 0.2) is 47.5 Å². The SMILES string of the molecule is CCCC(=O)Nc1cccc(CNC(=NC)N(C)CCc2ccc(OC)c(OC)c2)c1. The highest BCUT2D eigenvalue weighted by atomic mass is 16.5. The number of guanidine groups is 1. The summed E-state index contributed by atoms with van der Waals surface area (Å²) < 4.78 is 10.7. The first-order valence-corrected chi connectivity index (χ1v) is 10.5. The van der Waals surface area contributed by atoms with Gasteiger partial charge in [-0.25, -0.2) is 0 Å². The van der Waals surface area contributed by atoms with Gasteiger partial charge in [0.25, 0.3) is 0 Å². The third-order valence-electron chi connectivity index (χ3n) is 4.90. The third kappa shape index (κ3) is 7.51. The maximum absolute atomic E-state index is 11.8. The Hall–Kier alpha value is -3.22. The van der Waals surface area contributed by atoms with Crippen molar-refractivity contribution in [3.05, 3.63) is 53.6 Å². The number of ether oxygens (including phenoxy) is 2. The molecule has 0 atom stereocenters. The molecule has 0 aliphatic rings. The molecule has 2 N–H and O–H groups in total. The lowest BCUT2D eigenvalue weighted by Gasteiger charge is -2.22. The number of methoxy groups -OCH3 is 2. The van der Waals surface area contributed by atoms with Gasteiger partial charge in [-0.15, -0.1) is 0 Å². The van der Waals surface area contributed by atoms with Crippen LogP contribution in [-0.4, -0.2) is 51.6 Å². The molecule has 7 heteroatoms. The Labute approximate surface area is 185 Å². The smallest absolute Gasteiger partial charge is 0.224 e. The first-order chi connectivity index (χ1) is 15.0. The summed E-state index contributed by atoms with van der Waals surface area (Å²) in [4.78, 5) is 18.3. The van der Waals surface area contributed by atoms with E-state index in [0.29, 0.717) is 13.0 Å². The van der Waals surface area contributed by atoms with Crippen LogP contribution in [0.2, 0.25) is 0 Å². The standard InChI is InChI=1S/C24H34N4O3/c1-6-8-23(29)27-20-10-7-9-19(15-20)17-26-24(25-2)28(3)14-13-18-11-12-21(30-4)22(16-18)31-5/h7,9-12,15-16H,6,8,13-14,17H2,1-5H3,(H,25,26)(H,27,29). The third-order valence-corrected chi connectivity index (χ3v) is 4.90. The van der Waals surface area contributed by atoms with Crippen molar-refractivity contribution in [2.75, 3.05) is 40.2 Å². The summed E-state index contributed by atoms with van der Waals surface area (Å²) in [5.41, 5.74) is 3.05. The number of aliphatic imine (C=N–C) groups is 1. The first-order valence-electron chi connectivity index (χ1n) is 10.5. The molecule has 2 aromatic rings. The van der Waals surface area contributed by atoms with Gasteiger partial charge >= 0.3 is 0 Å². The number of hydrogen-bond acceptors (Lipinski definition) is 4. The maximum atomic E-state index is 11.8. The Bertz CT molecular complexity index is 883. The molecule has 168 valence electrons. The Morgan fingerprint density at radius 2 is 1.84 bits per heavy atom. The van der Waals surface area contributed by atoms with E-state index in [1.807, 2.05) is 56.4 Å². The minimum Gasteiger partial charge on any atom is -0.493 e. The van der Waals surface area contributed by atoms with Gasteiger partial charge < -0.3 is 25.0 Å². The molecule has 0 saturated carbocycles. The van der Waals surface area contributed by atoms with Gasteiger partial charge in [0.15, 0.2) is 17.5 Å². The topological polar surface area (TPSA) is 75.2 Å². The summed E-state index contributed by atoms with van der Waals surface area (Å²) in [5, 5.41) is 6.32. The van der Waals surface area contributed by atoms with E-state index >= 15 is 0 Å². The fourth-order valence-corrected chi connectivity index (χ4v) is 3.21. The van der Waals surface area contributed by atoms with Gasteiger partial charge in [0, 0.05) is 39.3 Å². The van der Waals surface area contributed by atoms with Crippen molar-refractivity contribution in [3.8, 4) is 11.5 Å². The molecule has 7 nitrogen and oxygen atoms in total. The number of amides is 1. The van der Waals surface area contributed by atoms with Gasteiger partial charge in [-0.1, -0.05) is 25.1 Å². The second kappa shape index (κ2) is 12.5. The van der Waals surface area contributed by atoms with Crippen molar-refractivity contribution >= 4 is 17.6 Å². The van der Waals surface area contributed by atoms with E-state index in [2.05, 4.69) is 20.5 Å². The molecular weight excluding hydrogens is 392 g/mol. The van der Waals surface area contributed by atoms with Gasteiger partial charge in [-0.2, -0.15) is 0 Å². The van der Waals surface area contributed by atoms with Crippen molar-refractivity contribution < 1.29 is 14.3 Å². The van der Waals surface area contributed by atoms with E-state index in [0.717, 1.165) is 53.7 Å². The van der Waals surface area contributed by atoms with Crippen LogP contribution < -0.4 is 20.1 Å². The van der Waals surface area contributed by atoms with Crippen molar-refractivity contribution in [1.82, 2.24) is 10.2 Å². The van der Waals surface area contributed by atoms with Crippen LogP contribution in [0.4, 0.5) is 5.69 Å². The predicted octanol–water partition coefficient (Wildman–Crippen LogP) is 3.69. The minimum absolute atomic E-state index is 0.0401. The number of hydrogen-bond donors (Lipinski definition) is 2. The molecule has 0 radical (unpaired) electrons. The summed E-state index contributed by atoms with van der Waals surface area (Å²) in [6.45, 7) is 3.40. The van der Waals surface area contributed by atoms with Gasteiger partial charge in [0.2, 0.25) is 5.91 Å². The van der Waals surface area contributed by atoms with Gasteiger partial charge in [-0.05, 0) is 48.2 Å². The zero-order valence-corrected chi connectivity index (χ0v) is 19.2. The first kappa shape index (κ1) is 24.1. The highest BCUT2D eigenvalue weighted by Gasteiger charge is 2.09. The summed E-state index contributed by atoms with van der Waals surface area (Å²) in [6, 6.07) is 13.8. The molecule has 0 spiro atoms. The molecule has 0 aliphatic heterocycles. The Balaban J connectivity index is 1.91. The van der Waals surface area contributed by atoms with Crippen LogP contribution in [0.5, 0.6) is 11.5 Å². The molecule has 0 aliphatic carbocycles. The fourth-order valence-electron chi connectivity index (χ4n) is 3.21. The second-order valence-corrected chi connectivity index (χ2v) is 7.26. The van der Waals surface area contributed by atoms with Crippen LogP contribution in [0.1, 0.15) is 30.9 Å². The minimum atomic E-state index is 0.0401. The lowest BCUT2D eigenvalue weighted by molar-refractivity contribution is -0.116. The average Bonchev–Trinajstić information content (AvgIpc) is 2.78. The van der Waals surface area contributed by atoms with E-state index < -0.39 is 0 Å². The lowest BCUT2D eigenvalue weighted by atomic mass is 10.1.